The first kappa shape index (κ1) is 14.1. The average Bonchev–Trinajstić information content (AvgIpc) is 2.48. The molecule has 0 radical (unpaired) electrons. The first-order valence-corrected chi connectivity index (χ1v) is 7.98. The van der Waals surface area contributed by atoms with Crippen LogP contribution in [0, 0.1) is 5.92 Å². The first-order valence-electron chi connectivity index (χ1n) is 7.98. The van der Waals surface area contributed by atoms with Gasteiger partial charge < -0.3 is 15.4 Å². The lowest BCUT2D eigenvalue weighted by Gasteiger charge is -2.36. The minimum Gasteiger partial charge on any atom is -0.372 e. The highest BCUT2D eigenvalue weighted by Gasteiger charge is 2.26. The molecule has 20 heavy (non-hydrogen) atoms. The highest BCUT2D eigenvalue weighted by atomic mass is 16.5. The summed E-state index contributed by atoms with van der Waals surface area (Å²) in [6.45, 7) is 5.13. The van der Waals surface area contributed by atoms with Gasteiger partial charge in [-0.2, -0.15) is 0 Å². The number of likely N-dealkylation sites (tertiary alicyclic amines) is 1. The van der Waals surface area contributed by atoms with Gasteiger partial charge in [0.25, 0.3) is 0 Å². The van der Waals surface area contributed by atoms with Crippen molar-refractivity contribution in [3.8, 4) is 0 Å². The molecule has 2 N–H and O–H groups in total. The largest absolute Gasteiger partial charge is 0.372 e. The van der Waals surface area contributed by atoms with Crippen molar-refractivity contribution in [3.63, 3.8) is 0 Å². The average molecular weight is 274 g/mol. The zero-order valence-electron chi connectivity index (χ0n) is 12.3. The van der Waals surface area contributed by atoms with E-state index >= 15 is 0 Å². The van der Waals surface area contributed by atoms with Gasteiger partial charge in [-0.05, 0) is 55.8 Å². The van der Waals surface area contributed by atoms with E-state index in [0.29, 0.717) is 0 Å². The molecular weight excluding hydrogens is 248 g/mol. The summed E-state index contributed by atoms with van der Waals surface area (Å²) in [5.74, 6) is 0.785. The van der Waals surface area contributed by atoms with Crippen LogP contribution < -0.4 is 5.73 Å². The van der Waals surface area contributed by atoms with E-state index in [1.165, 1.54) is 43.5 Å². The molecule has 0 amide bonds. The monoisotopic (exact) mass is 274 g/mol. The number of fused-ring (bicyclic) bond motifs is 1. The number of hydrogen-bond acceptors (Lipinski definition) is 3. The molecule has 2 atom stereocenters. The number of ether oxygens (including phenoxy) is 1. The molecule has 110 valence electrons. The molecule has 2 heterocycles. The number of nitrogens with zero attached hydrogens (tertiary/aromatic N) is 1. The van der Waals surface area contributed by atoms with Crippen molar-refractivity contribution in [2.45, 2.75) is 31.8 Å². The van der Waals surface area contributed by atoms with E-state index in [2.05, 4.69) is 29.2 Å². The zero-order valence-corrected chi connectivity index (χ0v) is 12.3. The van der Waals surface area contributed by atoms with Gasteiger partial charge in [0, 0.05) is 13.1 Å². The smallest absolute Gasteiger partial charge is 0.0954 e. The summed E-state index contributed by atoms with van der Waals surface area (Å²) < 4.78 is 6.04. The molecule has 2 unspecified atom stereocenters. The molecule has 3 heteroatoms. The second-order valence-corrected chi connectivity index (χ2v) is 6.15. The van der Waals surface area contributed by atoms with Crippen molar-refractivity contribution in [2.24, 2.45) is 11.7 Å². The lowest BCUT2D eigenvalue weighted by Crippen LogP contribution is -2.40. The predicted octanol–water partition coefficient (Wildman–Crippen LogP) is 2.36. The van der Waals surface area contributed by atoms with Crippen LogP contribution in [-0.2, 0) is 11.2 Å². The maximum absolute atomic E-state index is 6.04. The van der Waals surface area contributed by atoms with Gasteiger partial charge in [0.15, 0.2) is 0 Å². The summed E-state index contributed by atoms with van der Waals surface area (Å²) in [6.07, 6.45) is 5.13. The molecule has 0 bridgehead atoms. The maximum Gasteiger partial charge on any atom is 0.0954 e. The second kappa shape index (κ2) is 6.70. The Bertz CT molecular complexity index is 433. The predicted molar refractivity (Wildman–Crippen MR) is 81.7 cm³/mol. The number of benzene rings is 1. The van der Waals surface area contributed by atoms with Crippen molar-refractivity contribution in [3.05, 3.63) is 35.4 Å². The Hall–Kier alpha value is -0.900. The summed E-state index contributed by atoms with van der Waals surface area (Å²) in [4.78, 5) is 2.58. The van der Waals surface area contributed by atoms with Crippen LogP contribution in [0.25, 0.3) is 0 Å². The molecular formula is C17H26N2O. The fourth-order valence-corrected chi connectivity index (χ4v) is 3.65. The van der Waals surface area contributed by atoms with Crippen molar-refractivity contribution in [1.82, 2.24) is 4.90 Å². The standard InChI is InChI=1S/C17H26N2O/c18-9-7-14-4-3-10-19(12-14)13-17-16-6-2-1-5-15(16)8-11-20-17/h1-2,5-6,14,17H,3-4,7-13,18H2. The van der Waals surface area contributed by atoms with Crippen LogP contribution in [0.2, 0.25) is 0 Å². The molecule has 2 aliphatic rings. The van der Waals surface area contributed by atoms with E-state index in [9.17, 15) is 0 Å². The topological polar surface area (TPSA) is 38.5 Å². The van der Waals surface area contributed by atoms with Crippen LogP contribution in [0.1, 0.15) is 36.5 Å². The third kappa shape index (κ3) is 3.22. The molecule has 1 fully saturated rings. The minimum atomic E-state index is 0.261. The van der Waals surface area contributed by atoms with E-state index in [-0.39, 0.29) is 6.10 Å². The molecule has 0 spiro atoms. The second-order valence-electron chi connectivity index (χ2n) is 6.15. The molecule has 0 saturated carbocycles. The number of piperidine rings is 1. The Kier molecular flexibility index (Phi) is 4.71. The third-order valence-corrected chi connectivity index (χ3v) is 4.69. The highest BCUT2D eigenvalue weighted by molar-refractivity contribution is 5.31. The fourth-order valence-electron chi connectivity index (χ4n) is 3.65. The summed E-state index contributed by atoms with van der Waals surface area (Å²) in [5.41, 5.74) is 8.58. The molecule has 1 aromatic rings. The van der Waals surface area contributed by atoms with Crippen molar-refractivity contribution < 1.29 is 4.74 Å². The minimum absolute atomic E-state index is 0.261. The van der Waals surface area contributed by atoms with E-state index in [4.69, 9.17) is 10.5 Å². The van der Waals surface area contributed by atoms with Gasteiger partial charge in [0.05, 0.1) is 12.7 Å². The van der Waals surface area contributed by atoms with Crippen LogP contribution >= 0.6 is 0 Å². The number of rotatable bonds is 4. The Morgan fingerprint density at radius 3 is 3.10 bits per heavy atom. The molecule has 1 aromatic carbocycles. The van der Waals surface area contributed by atoms with Crippen LogP contribution in [0.5, 0.6) is 0 Å². The lowest BCUT2D eigenvalue weighted by molar-refractivity contribution is 0.00640. The Labute approximate surface area is 122 Å². The van der Waals surface area contributed by atoms with Crippen LogP contribution in [0.15, 0.2) is 24.3 Å². The Balaban J connectivity index is 1.63. The Morgan fingerprint density at radius 1 is 1.30 bits per heavy atom. The Morgan fingerprint density at radius 2 is 2.20 bits per heavy atom. The van der Waals surface area contributed by atoms with Crippen molar-refractivity contribution in [2.75, 3.05) is 32.8 Å². The molecule has 3 nitrogen and oxygen atoms in total. The van der Waals surface area contributed by atoms with E-state index < -0.39 is 0 Å². The van der Waals surface area contributed by atoms with Gasteiger partial charge in [-0.25, -0.2) is 0 Å². The zero-order chi connectivity index (χ0) is 13.8. The van der Waals surface area contributed by atoms with Gasteiger partial charge >= 0.3 is 0 Å². The van der Waals surface area contributed by atoms with Crippen molar-refractivity contribution in [1.29, 1.82) is 0 Å². The number of nitrogens with two attached hydrogens (primary N) is 1. The van der Waals surface area contributed by atoms with Gasteiger partial charge in [-0.15, -0.1) is 0 Å². The van der Waals surface area contributed by atoms with Gasteiger partial charge in [0.1, 0.15) is 0 Å². The van der Waals surface area contributed by atoms with E-state index in [0.717, 1.165) is 32.0 Å². The molecule has 2 aliphatic heterocycles. The molecule has 1 saturated heterocycles. The summed E-state index contributed by atoms with van der Waals surface area (Å²) in [6, 6.07) is 8.76. The summed E-state index contributed by atoms with van der Waals surface area (Å²) in [5, 5.41) is 0. The lowest BCUT2D eigenvalue weighted by atomic mass is 9.93. The van der Waals surface area contributed by atoms with Crippen LogP contribution in [0.3, 0.4) is 0 Å². The van der Waals surface area contributed by atoms with E-state index in [1.54, 1.807) is 0 Å². The van der Waals surface area contributed by atoms with E-state index in [1.807, 2.05) is 0 Å². The summed E-state index contributed by atoms with van der Waals surface area (Å²) in [7, 11) is 0. The summed E-state index contributed by atoms with van der Waals surface area (Å²) >= 11 is 0. The third-order valence-electron chi connectivity index (χ3n) is 4.69. The molecule has 0 aromatic heterocycles. The maximum atomic E-state index is 6.04. The van der Waals surface area contributed by atoms with Crippen molar-refractivity contribution >= 4 is 0 Å². The van der Waals surface area contributed by atoms with Gasteiger partial charge in [-0.1, -0.05) is 24.3 Å². The first-order chi connectivity index (χ1) is 9.86. The molecule has 3 rings (SSSR count). The van der Waals surface area contributed by atoms with Gasteiger partial charge in [-0.3, -0.25) is 0 Å². The van der Waals surface area contributed by atoms with Crippen LogP contribution in [0.4, 0.5) is 0 Å². The number of hydrogen-bond donors (Lipinski definition) is 1. The SMILES string of the molecule is NCCC1CCCN(CC2OCCc3ccccc32)C1. The normalized spacial score (nSPS) is 27.2. The van der Waals surface area contributed by atoms with Crippen LogP contribution in [-0.4, -0.2) is 37.7 Å². The fraction of sp³-hybridized carbons (Fsp3) is 0.647. The highest BCUT2D eigenvalue weighted by Crippen LogP contribution is 2.29. The quantitative estimate of drug-likeness (QED) is 0.916. The molecule has 0 aliphatic carbocycles. The van der Waals surface area contributed by atoms with Gasteiger partial charge in [0.2, 0.25) is 0 Å².